The summed E-state index contributed by atoms with van der Waals surface area (Å²) in [5.41, 5.74) is 1.41. The Morgan fingerprint density at radius 1 is 1.18 bits per heavy atom. The van der Waals surface area contributed by atoms with Crippen LogP contribution >= 0.6 is 0 Å². The van der Waals surface area contributed by atoms with Gasteiger partial charge in [0.1, 0.15) is 0 Å². The summed E-state index contributed by atoms with van der Waals surface area (Å²) in [6.45, 7) is 6.57. The van der Waals surface area contributed by atoms with Gasteiger partial charge < -0.3 is 15.5 Å². The molecule has 1 aromatic carbocycles. The molecule has 0 bridgehead atoms. The van der Waals surface area contributed by atoms with Crippen molar-refractivity contribution >= 4 is 5.96 Å². The van der Waals surface area contributed by atoms with Crippen molar-refractivity contribution in [2.24, 2.45) is 4.99 Å². The minimum Gasteiger partial charge on any atom is -0.355 e. The Bertz CT molecular complexity index is 596. The summed E-state index contributed by atoms with van der Waals surface area (Å²) >= 11 is 0. The molecule has 1 saturated carbocycles. The minimum atomic E-state index is 0.501. The van der Waals surface area contributed by atoms with Crippen LogP contribution < -0.4 is 10.6 Å². The molecule has 5 nitrogen and oxygen atoms in total. The lowest BCUT2D eigenvalue weighted by molar-refractivity contribution is 0.134. The third kappa shape index (κ3) is 6.21. The van der Waals surface area contributed by atoms with Gasteiger partial charge in [0.05, 0.1) is 0 Å². The summed E-state index contributed by atoms with van der Waals surface area (Å²) in [4.78, 5) is 9.56. The maximum absolute atomic E-state index is 4.45. The van der Waals surface area contributed by atoms with Crippen LogP contribution in [0.15, 0.2) is 35.3 Å². The number of likely N-dealkylation sites (N-methyl/N-ethyl adjacent to an activating group) is 1. The van der Waals surface area contributed by atoms with E-state index in [0.717, 1.165) is 44.6 Å². The molecule has 1 aromatic rings. The van der Waals surface area contributed by atoms with Crippen molar-refractivity contribution < 1.29 is 0 Å². The largest absolute Gasteiger partial charge is 0.355 e. The highest BCUT2D eigenvalue weighted by Gasteiger charge is 2.26. The number of piperidine rings is 1. The second-order valence-electron chi connectivity index (χ2n) is 8.59. The molecule has 28 heavy (non-hydrogen) atoms. The minimum absolute atomic E-state index is 0.501. The number of nitrogens with zero attached hydrogens (tertiary/aromatic N) is 3. The van der Waals surface area contributed by atoms with Crippen molar-refractivity contribution in [1.82, 2.24) is 20.4 Å². The lowest BCUT2D eigenvalue weighted by Gasteiger charge is -2.38. The van der Waals surface area contributed by atoms with E-state index in [1.54, 1.807) is 0 Å². The summed E-state index contributed by atoms with van der Waals surface area (Å²) in [7, 11) is 4.14. The molecule has 0 amide bonds. The lowest BCUT2D eigenvalue weighted by Crippen LogP contribution is -2.52. The molecule has 5 heteroatoms. The molecule has 2 unspecified atom stereocenters. The second kappa shape index (κ2) is 10.8. The molecule has 2 N–H and O–H groups in total. The van der Waals surface area contributed by atoms with Gasteiger partial charge in [-0.05, 0) is 45.2 Å². The average Bonchev–Trinajstić information content (AvgIpc) is 3.25. The molecule has 0 aromatic heterocycles. The van der Waals surface area contributed by atoms with Crippen LogP contribution in [0.1, 0.15) is 51.0 Å². The van der Waals surface area contributed by atoms with Gasteiger partial charge in [0.2, 0.25) is 0 Å². The van der Waals surface area contributed by atoms with Gasteiger partial charge in [0, 0.05) is 51.4 Å². The van der Waals surface area contributed by atoms with Crippen LogP contribution in [-0.4, -0.2) is 67.6 Å². The van der Waals surface area contributed by atoms with E-state index in [1.807, 2.05) is 7.05 Å². The fraction of sp³-hybridized carbons (Fsp3) is 0.696. The van der Waals surface area contributed by atoms with Crippen LogP contribution in [0.4, 0.5) is 0 Å². The van der Waals surface area contributed by atoms with E-state index < -0.39 is 0 Å². The number of hydrogen-bond donors (Lipinski definition) is 2. The number of rotatable bonds is 7. The van der Waals surface area contributed by atoms with Crippen LogP contribution in [0.2, 0.25) is 0 Å². The summed E-state index contributed by atoms with van der Waals surface area (Å²) in [5, 5.41) is 7.18. The van der Waals surface area contributed by atoms with E-state index in [-0.39, 0.29) is 0 Å². The van der Waals surface area contributed by atoms with Gasteiger partial charge in [-0.25, -0.2) is 0 Å². The van der Waals surface area contributed by atoms with Gasteiger partial charge in [0.25, 0.3) is 0 Å². The van der Waals surface area contributed by atoms with Crippen molar-refractivity contribution in [1.29, 1.82) is 0 Å². The first-order chi connectivity index (χ1) is 13.7. The third-order valence-corrected chi connectivity index (χ3v) is 6.51. The Morgan fingerprint density at radius 2 is 1.93 bits per heavy atom. The van der Waals surface area contributed by atoms with Gasteiger partial charge in [0.15, 0.2) is 5.96 Å². The van der Waals surface area contributed by atoms with Gasteiger partial charge in [-0.3, -0.25) is 9.89 Å². The maximum atomic E-state index is 4.45. The van der Waals surface area contributed by atoms with E-state index in [4.69, 9.17) is 0 Å². The number of hydrogen-bond acceptors (Lipinski definition) is 3. The van der Waals surface area contributed by atoms with Gasteiger partial charge in [-0.2, -0.15) is 0 Å². The zero-order chi connectivity index (χ0) is 19.8. The number of likely N-dealkylation sites (tertiary alicyclic amines) is 1. The third-order valence-electron chi connectivity index (χ3n) is 6.51. The first-order valence-electron chi connectivity index (χ1n) is 11.1. The molecule has 0 spiro atoms. The first-order valence-corrected chi connectivity index (χ1v) is 11.1. The van der Waals surface area contributed by atoms with Gasteiger partial charge in [-0.1, -0.05) is 43.2 Å². The molecular weight excluding hydrogens is 346 g/mol. The van der Waals surface area contributed by atoms with E-state index in [9.17, 15) is 0 Å². The Hall–Kier alpha value is -1.59. The highest BCUT2D eigenvalue weighted by molar-refractivity contribution is 5.79. The summed E-state index contributed by atoms with van der Waals surface area (Å²) in [6, 6.07) is 12.7. The molecule has 1 saturated heterocycles. The predicted molar refractivity (Wildman–Crippen MR) is 119 cm³/mol. The molecule has 1 aliphatic carbocycles. The molecule has 3 rings (SSSR count). The van der Waals surface area contributed by atoms with E-state index in [1.165, 1.54) is 37.7 Å². The van der Waals surface area contributed by atoms with Crippen LogP contribution in [-0.2, 0) is 6.54 Å². The molecule has 1 heterocycles. The number of nitrogens with one attached hydrogen (secondary N) is 2. The molecule has 1 aliphatic heterocycles. The van der Waals surface area contributed by atoms with Gasteiger partial charge in [-0.15, -0.1) is 0 Å². The monoisotopic (exact) mass is 385 g/mol. The molecule has 2 fully saturated rings. The molecule has 2 aliphatic rings. The maximum Gasteiger partial charge on any atom is 0.191 e. The average molecular weight is 386 g/mol. The van der Waals surface area contributed by atoms with E-state index in [0.29, 0.717) is 12.1 Å². The van der Waals surface area contributed by atoms with Crippen LogP contribution in [0, 0.1) is 0 Å². The SMILES string of the molecule is CN=C(NCCN(C)C1CCCC1)NC1CCN(Cc2ccccc2)C(C)C1. The van der Waals surface area contributed by atoms with Crippen LogP contribution in [0.3, 0.4) is 0 Å². The zero-order valence-corrected chi connectivity index (χ0v) is 18.0. The fourth-order valence-electron chi connectivity index (χ4n) is 4.67. The Kier molecular flexibility index (Phi) is 8.16. The smallest absolute Gasteiger partial charge is 0.191 e. The predicted octanol–water partition coefficient (Wildman–Crippen LogP) is 3.08. The summed E-state index contributed by atoms with van der Waals surface area (Å²) in [5.74, 6) is 0.952. The summed E-state index contributed by atoms with van der Waals surface area (Å²) in [6.07, 6.45) is 7.85. The van der Waals surface area contributed by atoms with Crippen molar-refractivity contribution in [3.05, 3.63) is 35.9 Å². The molecule has 2 atom stereocenters. The van der Waals surface area contributed by atoms with Gasteiger partial charge >= 0.3 is 0 Å². The Balaban J connectivity index is 1.38. The number of guanidine groups is 1. The highest BCUT2D eigenvalue weighted by atomic mass is 15.2. The zero-order valence-electron chi connectivity index (χ0n) is 18.0. The van der Waals surface area contributed by atoms with Crippen LogP contribution in [0.25, 0.3) is 0 Å². The Labute approximate surface area is 171 Å². The van der Waals surface area contributed by atoms with Crippen molar-refractivity contribution in [3.8, 4) is 0 Å². The number of aliphatic imine (C=N–C) groups is 1. The van der Waals surface area contributed by atoms with Crippen LogP contribution in [0.5, 0.6) is 0 Å². The van der Waals surface area contributed by atoms with Crippen molar-refractivity contribution in [3.63, 3.8) is 0 Å². The normalized spacial score (nSPS) is 24.6. The topological polar surface area (TPSA) is 42.9 Å². The first kappa shape index (κ1) is 21.1. The highest BCUT2D eigenvalue weighted by Crippen LogP contribution is 2.22. The fourth-order valence-corrected chi connectivity index (χ4v) is 4.67. The standard InChI is InChI=1S/C23H39N5/c1-19-17-21(13-15-28(19)18-20-9-5-4-6-10-20)26-23(24-2)25-14-16-27(3)22-11-7-8-12-22/h4-6,9-10,19,21-22H,7-8,11-18H2,1-3H3,(H2,24,25,26). The van der Waals surface area contributed by atoms with Crippen molar-refractivity contribution in [2.75, 3.05) is 33.7 Å². The van der Waals surface area contributed by atoms with E-state index >= 15 is 0 Å². The number of benzene rings is 1. The summed E-state index contributed by atoms with van der Waals surface area (Å²) < 4.78 is 0. The lowest BCUT2D eigenvalue weighted by atomic mass is 9.97. The molecule has 156 valence electrons. The Morgan fingerprint density at radius 3 is 2.61 bits per heavy atom. The quantitative estimate of drug-likeness (QED) is 0.559. The molecule has 0 radical (unpaired) electrons. The molecular formula is C23H39N5. The second-order valence-corrected chi connectivity index (χ2v) is 8.59. The van der Waals surface area contributed by atoms with E-state index in [2.05, 4.69) is 69.7 Å². The van der Waals surface area contributed by atoms with Crippen molar-refractivity contribution in [2.45, 2.75) is 70.1 Å².